The largest absolute Gasteiger partial charge is 0.416 e. The maximum absolute atomic E-state index is 12.8. The van der Waals surface area contributed by atoms with Gasteiger partial charge in [0, 0.05) is 24.3 Å². The summed E-state index contributed by atoms with van der Waals surface area (Å²) in [5.74, 6) is -0.684. The molecular formula is C18H16ClF3N2O4S. The number of hydrogen-bond donors (Lipinski definition) is 1. The predicted octanol–water partition coefficient (Wildman–Crippen LogP) is 3.63. The summed E-state index contributed by atoms with van der Waals surface area (Å²) in [5, 5.41) is 2.46. The number of benzene rings is 2. The Labute approximate surface area is 170 Å². The van der Waals surface area contributed by atoms with E-state index in [1.165, 1.54) is 22.5 Å². The van der Waals surface area contributed by atoms with E-state index in [9.17, 15) is 26.4 Å². The molecule has 1 fully saturated rings. The third-order valence-corrected chi connectivity index (χ3v) is 6.63. The van der Waals surface area contributed by atoms with Crippen molar-refractivity contribution in [2.45, 2.75) is 11.1 Å². The van der Waals surface area contributed by atoms with Crippen LogP contribution >= 0.6 is 11.6 Å². The van der Waals surface area contributed by atoms with Crippen LogP contribution in [0.5, 0.6) is 0 Å². The number of rotatable bonds is 4. The number of sulfonamides is 1. The molecule has 1 heterocycles. The fourth-order valence-electron chi connectivity index (χ4n) is 2.72. The molecule has 1 saturated heterocycles. The zero-order chi connectivity index (χ0) is 21.2. The first-order chi connectivity index (χ1) is 13.6. The zero-order valence-corrected chi connectivity index (χ0v) is 16.4. The number of anilines is 1. The summed E-state index contributed by atoms with van der Waals surface area (Å²) in [6.45, 7) is 0.893. The third kappa shape index (κ3) is 4.89. The molecule has 3 rings (SSSR count). The maximum Gasteiger partial charge on any atom is 0.416 e. The summed E-state index contributed by atoms with van der Waals surface area (Å²) >= 11 is 6.06. The van der Waals surface area contributed by atoms with Gasteiger partial charge in [0.25, 0.3) is 5.91 Å². The molecule has 2 aromatic rings. The molecule has 0 aliphatic carbocycles. The van der Waals surface area contributed by atoms with Gasteiger partial charge in [0.2, 0.25) is 10.0 Å². The van der Waals surface area contributed by atoms with Gasteiger partial charge >= 0.3 is 6.18 Å². The molecule has 1 amide bonds. The highest BCUT2D eigenvalue weighted by molar-refractivity contribution is 7.89. The van der Waals surface area contributed by atoms with Crippen molar-refractivity contribution in [3.05, 3.63) is 58.6 Å². The van der Waals surface area contributed by atoms with Crippen LogP contribution in [0.25, 0.3) is 0 Å². The van der Waals surface area contributed by atoms with Crippen molar-refractivity contribution in [1.82, 2.24) is 4.31 Å². The minimum Gasteiger partial charge on any atom is -0.379 e. The van der Waals surface area contributed by atoms with Crippen LogP contribution in [0.1, 0.15) is 15.9 Å². The van der Waals surface area contributed by atoms with E-state index >= 15 is 0 Å². The summed E-state index contributed by atoms with van der Waals surface area (Å²) in [6, 6.07) is 7.63. The molecule has 156 valence electrons. The van der Waals surface area contributed by atoms with Gasteiger partial charge in [-0.05, 0) is 42.5 Å². The molecule has 0 unspecified atom stereocenters. The van der Waals surface area contributed by atoms with Gasteiger partial charge in [-0.2, -0.15) is 17.5 Å². The number of morpholine rings is 1. The maximum atomic E-state index is 12.8. The third-order valence-electron chi connectivity index (χ3n) is 4.25. The van der Waals surface area contributed by atoms with Crippen LogP contribution in [0.15, 0.2) is 47.4 Å². The number of carbonyl (C=O) groups is 1. The van der Waals surface area contributed by atoms with E-state index < -0.39 is 27.7 Å². The van der Waals surface area contributed by atoms with E-state index in [2.05, 4.69) is 5.32 Å². The van der Waals surface area contributed by atoms with Crippen molar-refractivity contribution in [2.75, 3.05) is 31.6 Å². The first-order valence-electron chi connectivity index (χ1n) is 8.45. The first-order valence-corrected chi connectivity index (χ1v) is 10.3. The minimum atomic E-state index is -4.51. The van der Waals surface area contributed by atoms with Gasteiger partial charge in [0.05, 0.1) is 23.8 Å². The molecule has 6 nitrogen and oxygen atoms in total. The highest BCUT2D eigenvalue weighted by atomic mass is 35.5. The second-order valence-electron chi connectivity index (χ2n) is 6.19. The first kappa shape index (κ1) is 21.6. The number of ether oxygens (including phenoxy) is 1. The van der Waals surface area contributed by atoms with Crippen molar-refractivity contribution in [3.8, 4) is 0 Å². The lowest BCUT2D eigenvalue weighted by Gasteiger charge is -2.26. The zero-order valence-electron chi connectivity index (χ0n) is 14.9. The van der Waals surface area contributed by atoms with Crippen LogP contribution in [0.4, 0.5) is 18.9 Å². The molecule has 0 spiro atoms. The Bertz CT molecular complexity index is 1000. The van der Waals surface area contributed by atoms with E-state index in [1.54, 1.807) is 0 Å². The number of alkyl halides is 3. The van der Waals surface area contributed by atoms with Crippen molar-refractivity contribution >= 4 is 33.2 Å². The van der Waals surface area contributed by atoms with Crippen molar-refractivity contribution in [3.63, 3.8) is 0 Å². The molecule has 1 aliphatic heterocycles. The van der Waals surface area contributed by atoms with Crippen LogP contribution in [0.2, 0.25) is 5.02 Å². The number of nitrogens with zero attached hydrogens (tertiary/aromatic N) is 1. The van der Waals surface area contributed by atoms with Crippen molar-refractivity contribution in [2.24, 2.45) is 0 Å². The van der Waals surface area contributed by atoms with Gasteiger partial charge in [-0.3, -0.25) is 4.79 Å². The molecule has 0 bridgehead atoms. The van der Waals surface area contributed by atoms with E-state index in [1.807, 2.05) is 0 Å². The summed E-state index contributed by atoms with van der Waals surface area (Å²) < 4.78 is 69.9. The van der Waals surface area contributed by atoms with Crippen LogP contribution in [-0.4, -0.2) is 44.9 Å². The molecule has 29 heavy (non-hydrogen) atoms. The van der Waals surface area contributed by atoms with Crippen LogP contribution in [-0.2, 0) is 20.9 Å². The summed E-state index contributed by atoms with van der Waals surface area (Å²) in [7, 11) is -3.89. The fourth-order valence-corrected chi connectivity index (χ4v) is 4.63. The van der Waals surface area contributed by atoms with Crippen molar-refractivity contribution in [1.29, 1.82) is 0 Å². The number of amides is 1. The summed E-state index contributed by atoms with van der Waals surface area (Å²) in [6.07, 6.45) is -4.51. The van der Waals surface area contributed by atoms with Gasteiger partial charge in [-0.15, -0.1) is 0 Å². The molecule has 2 aromatic carbocycles. The SMILES string of the molecule is O=C(Nc1ccc(Cl)c(S(=O)(=O)N2CCOCC2)c1)c1ccc(C(F)(F)F)cc1. The minimum absolute atomic E-state index is 0.00876. The summed E-state index contributed by atoms with van der Waals surface area (Å²) in [4.78, 5) is 12.1. The topological polar surface area (TPSA) is 75.7 Å². The van der Waals surface area contributed by atoms with Crippen LogP contribution < -0.4 is 5.32 Å². The Balaban J connectivity index is 1.81. The molecule has 0 aromatic heterocycles. The lowest BCUT2D eigenvalue weighted by atomic mass is 10.1. The van der Waals surface area contributed by atoms with E-state index in [0.29, 0.717) is 0 Å². The predicted molar refractivity (Wildman–Crippen MR) is 100 cm³/mol. The summed E-state index contributed by atoms with van der Waals surface area (Å²) in [5.41, 5.74) is -0.740. The van der Waals surface area contributed by atoms with Gasteiger partial charge in [-0.25, -0.2) is 8.42 Å². The van der Waals surface area contributed by atoms with Crippen molar-refractivity contribution < 1.29 is 31.1 Å². The second kappa shape index (κ2) is 8.31. The standard InChI is InChI=1S/C18H16ClF3N2O4S/c19-15-6-5-14(11-16(15)29(26,27)24-7-9-28-10-8-24)23-17(25)12-1-3-13(4-2-12)18(20,21)22/h1-6,11H,7-10H2,(H,23,25). The molecule has 0 saturated carbocycles. The van der Waals surface area contributed by atoms with Gasteiger partial charge in [0.1, 0.15) is 4.90 Å². The highest BCUT2D eigenvalue weighted by Gasteiger charge is 2.31. The average Bonchev–Trinajstić information content (AvgIpc) is 2.69. The van der Waals surface area contributed by atoms with Gasteiger partial charge in [-0.1, -0.05) is 11.6 Å². The number of halogens is 4. The molecule has 1 N–H and O–H groups in total. The molecule has 1 aliphatic rings. The van der Waals surface area contributed by atoms with Crippen LogP contribution in [0.3, 0.4) is 0 Å². The van der Waals surface area contributed by atoms with Gasteiger partial charge < -0.3 is 10.1 Å². The number of nitrogens with one attached hydrogen (secondary N) is 1. The normalized spacial score (nSPS) is 15.9. The fraction of sp³-hybridized carbons (Fsp3) is 0.278. The molecule has 11 heteroatoms. The molecule has 0 radical (unpaired) electrons. The van der Waals surface area contributed by atoms with E-state index in [4.69, 9.17) is 16.3 Å². The Morgan fingerprint density at radius 3 is 2.28 bits per heavy atom. The monoisotopic (exact) mass is 448 g/mol. The lowest BCUT2D eigenvalue weighted by Crippen LogP contribution is -2.40. The van der Waals surface area contributed by atoms with Gasteiger partial charge in [0.15, 0.2) is 0 Å². The second-order valence-corrected chi connectivity index (χ2v) is 8.50. The molecular weight excluding hydrogens is 433 g/mol. The lowest BCUT2D eigenvalue weighted by molar-refractivity contribution is -0.137. The number of hydrogen-bond acceptors (Lipinski definition) is 4. The Hall–Kier alpha value is -2.14. The quantitative estimate of drug-likeness (QED) is 0.775. The van der Waals surface area contributed by atoms with Crippen LogP contribution in [0, 0.1) is 0 Å². The highest BCUT2D eigenvalue weighted by Crippen LogP contribution is 2.30. The van der Waals surface area contributed by atoms with E-state index in [0.717, 1.165) is 24.3 Å². The Morgan fingerprint density at radius 1 is 1.07 bits per heavy atom. The Morgan fingerprint density at radius 2 is 1.69 bits per heavy atom. The molecule has 0 atom stereocenters. The Kier molecular flexibility index (Phi) is 6.18. The average molecular weight is 449 g/mol. The smallest absolute Gasteiger partial charge is 0.379 e. The number of carbonyl (C=O) groups excluding carboxylic acids is 1. The van der Waals surface area contributed by atoms with E-state index in [-0.39, 0.29) is 47.5 Å².